The average molecular weight is 288 g/mol. The molecule has 1 N–H and O–H groups in total. The summed E-state index contributed by atoms with van der Waals surface area (Å²) < 4.78 is 30.9. The summed E-state index contributed by atoms with van der Waals surface area (Å²) in [6.45, 7) is 1.28. The fourth-order valence-corrected chi connectivity index (χ4v) is 1.36. The van der Waals surface area contributed by atoms with E-state index in [2.05, 4.69) is 10.1 Å². The largest absolute Gasteiger partial charge is 0.467 e. The van der Waals surface area contributed by atoms with Crippen molar-refractivity contribution in [2.75, 3.05) is 7.11 Å². The smallest absolute Gasteiger partial charge is 0.328 e. The van der Waals surface area contributed by atoms with Crippen LogP contribution in [0.5, 0.6) is 0 Å². The Labute approximate surface area is 111 Å². The lowest BCUT2D eigenvalue weighted by Crippen LogP contribution is -2.39. The lowest BCUT2D eigenvalue weighted by molar-refractivity contribution is -0.387. The van der Waals surface area contributed by atoms with Crippen LogP contribution in [0.15, 0.2) is 12.1 Å². The van der Waals surface area contributed by atoms with E-state index in [9.17, 15) is 28.5 Å². The van der Waals surface area contributed by atoms with Gasteiger partial charge in [0.2, 0.25) is 5.82 Å². The van der Waals surface area contributed by atoms with Crippen LogP contribution in [0.1, 0.15) is 17.3 Å². The van der Waals surface area contributed by atoms with E-state index in [4.69, 9.17) is 0 Å². The lowest BCUT2D eigenvalue weighted by Gasteiger charge is -2.11. The minimum absolute atomic E-state index is 0.232. The molecule has 0 saturated carbocycles. The summed E-state index contributed by atoms with van der Waals surface area (Å²) >= 11 is 0. The van der Waals surface area contributed by atoms with Crippen LogP contribution in [0.4, 0.5) is 14.5 Å². The van der Waals surface area contributed by atoms with E-state index in [1.807, 2.05) is 0 Å². The Balaban J connectivity index is 3.07. The zero-order valence-corrected chi connectivity index (χ0v) is 10.5. The molecule has 1 rings (SSSR count). The fourth-order valence-electron chi connectivity index (χ4n) is 1.36. The predicted octanol–water partition coefficient (Wildman–Crippen LogP) is 1.16. The molecule has 108 valence electrons. The number of nitro groups is 1. The molecule has 0 spiro atoms. The Morgan fingerprint density at radius 1 is 1.35 bits per heavy atom. The highest BCUT2D eigenvalue weighted by molar-refractivity contribution is 5.97. The van der Waals surface area contributed by atoms with Crippen LogP contribution >= 0.6 is 0 Å². The van der Waals surface area contributed by atoms with Crippen LogP contribution in [-0.4, -0.2) is 30.0 Å². The molecule has 1 aromatic rings. The van der Waals surface area contributed by atoms with Gasteiger partial charge in [0, 0.05) is 12.1 Å². The van der Waals surface area contributed by atoms with Gasteiger partial charge in [-0.15, -0.1) is 0 Å². The van der Waals surface area contributed by atoms with E-state index >= 15 is 0 Å². The molecule has 1 amide bonds. The van der Waals surface area contributed by atoms with Crippen molar-refractivity contribution in [1.82, 2.24) is 5.32 Å². The van der Waals surface area contributed by atoms with E-state index in [-0.39, 0.29) is 6.07 Å². The summed E-state index contributed by atoms with van der Waals surface area (Å²) in [6, 6.07) is -0.393. The van der Waals surface area contributed by atoms with Crippen LogP contribution in [0.2, 0.25) is 0 Å². The number of nitrogens with one attached hydrogen (secondary N) is 1. The molecule has 0 aromatic heterocycles. The van der Waals surface area contributed by atoms with Crippen molar-refractivity contribution >= 4 is 17.6 Å². The highest BCUT2D eigenvalue weighted by Gasteiger charge is 2.24. The van der Waals surface area contributed by atoms with Gasteiger partial charge in [0.1, 0.15) is 11.9 Å². The van der Waals surface area contributed by atoms with E-state index < -0.39 is 45.7 Å². The number of benzene rings is 1. The summed E-state index contributed by atoms with van der Waals surface area (Å²) in [6.07, 6.45) is 0. The molecule has 20 heavy (non-hydrogen) atoms. The molecule has 0 aliphatic rings. The minimum Gasteiger partial charge on any atom is -0.467 e. The average Bonchev–Trinajstić information content (AvgIpc) is 2.36. The molecule has 0 heterocycles. The van der Waals surface area contributed by atoms with Crippen LogP contribution in [0.25, 0.3) is 0 Å². The van der Waals surface area contributed by atoms with Crippen molar-refractivity contribution in [3.05, 3.63) is 39.4 Å². The zero-order valence-electron chi connectivity index (χ0n) is 10.5. The molecule has 0 bridgehead atoms. The predicted molar refractivity (Wildman–Crippen MR) is 62.0 cm³/mol. The zero-order chi connectivity index (χ0) is 15.4. The Bertz CT molecular complexity index is 576. The van der Waals surface area contributed by atoms with Crippen LogP contribution in [0, 0.1) is 21.7 Å². The topological polar surface area (TPSA) is 98.5 Å². The number of amides is 1. The Morgan fingerprint density at radius 3 is 2.45 bits per heavy atom. The minimum atomic E-state index is -1.40. The second-order valence-electron chi connectivity index (χ2n) is 3.76. The molecule has 1 atom stereocenters. The summed E-state index contributed by atoms with van der Waals surface area (Å²) in [5.74, 6) is -4.55. The highest BCUT2D eigenvalue weighted by Crippen LogP contribution is 2.21. The van der Waals surface area contributed by atoms with E-state index in [1.54, 1.807) is 0 Å². The second kappa shape index (κ2) is 6.04. The maximum absolute atomic E-state index is 13.4. The van der Waals surface area contributed by atoms with Crippen LogP contribution < -0.4 is 5.32 Å². The Morgan fingerprint density at radius 2 is 1.95 bits per heavy atom. The van der Waals surface area contributed by atoms with Crippen molar-refractivity contribution in [3.63, 3.8) is 0 Å². The molecule has 9 heteroatoms. The number of esters is 1. The quantitative estimate of drug-likeness (QED) is 0.509. The van der Waals surface area contributed by atoms with Gasteiger partial charge >= 0.3 is 11.7 Å². The maximum atomic E-state index is 13.4. The monoisotopic (exact) mass is 288 g/mol. The fraction of sp³-hybridized carbons (Fsp3) is 0.273. The molecule has 0 aliphatic heterocycles. The first-order chi connectivity index (χ1) is 9.27. The molecule has 0 fully saturated rings. The van der Waals surface area contributed by atoms with Gasteiger partial charge in [0.05, 0.1) is 17.6 Å². The van der Waals surface area contributed by atoms with Gasteiger partial charge < -0.3 is 10.1 Å². The molecule has 0 saturated heterocycles. The first-order valence-corrected chi connectivity index (χ1v) is 5.30. The van der Waals surface area contributed by atoms with Gasteiger partial charge in [-0.05, 0) is 6.92 Å². The van der Waals surface area contributed by atoms with Crippen molar-refractivity contribution in [2.24, 2.45) is 0 Å². The van der Waals surface area contributed by atoms with Gasteiger partial charge in [0.15, 0.2) is 0 Å². The number of rotatable bonds is 4. The summed E-state index contributed by atoms with van der Waals surface area (Å²) in [5, 5.41) is 12.6. The van der Waals surface area contributed by atoms with Gasteiger partial charge in [-0.2, -0.15) is 4.39 Å². The number of halogens is 2. The number of hydrogen-bond donors (Lipinski definition) is 1. The number of hydrogen-bond acceptors (Lipinski definition) is 5. The number of carbonyl (C=O) groups is 2. The van der Waals surface area contributed by atoms with Crippen molar-refractivity contribution < 1.29 is 28.0 Å². The summed E-state index contributed by atoms with van der Waals surface area (Å²) in [7, 11) is 1.09. The van der Waals surface area contributed by atoms with Gasteiger partial charge in [-0.3, -0.25) is 14.9 Å². The molecule has 1 unspecified atom stereocenters. The molecular formula is C11H10F2N2O5. The molecule has 7 nitrogen and oxygen atoms in total. The molecular weight excluding hydrogens is 278 g/mol. The summed E-state index contributed by atoms with van der Waals surface area (Å²) in [5.41, 5.74) is -1.78. The third kappa shape index (κ3) is 3.25. The third-order valence-corrected chi connectivity index (χ3v) is 2.38. The van der Waals surface area contributed by atoms with Crippen LogP contribution in [0.3, 0.4) is 0 Å². The standard InChI is InChI=1S/C11H10F2N2O5/c1-5(11(17)20-2)14-10(16)6-3-9(15(18)19)8(13)4-7(6)12/h3-5H,1-2H3,(H,14,16). The van der Waals surface area contributed by atoms with E-state index in [0.717, 1.165) is 7.11 Å². The molecule has 1 aromatic carbocycles. The Kier molecular flexibility index (Phi) is 4.68. The second-order valence-corrected chi connectivity index (χ2v) is 3.76. The van der Waals surface area contributed by atoms with Crippen molar-refractivity contribution in [2.45, 2.75) is 13.0 Å². The highest BCUT2D eigenvalue weighted by atomic mass is 19.1. The lowest BCUT2D eigenvalue weighted by atomic mass is 10.1. The first-order valence-electron chi connectivity index (χ1n) is 5.30. The van der Waals surface area contributed by atoms with Crippen molar-refractivity contribution in [1.29, 1.82) is 0 Å². The van der Waals surface area contributed by atoms with Gasteiger partial charge in [0.25, 0.3) is 5.91 Å². The first kappa shape index (κ1) is 15.5. The van der Waals surface area contributed by atoms with E-state index in [1.165, 1.54) is 6.92 Å². The Hall–Kier alpha value is -2.58. The summed E-state index contributed by atoms with van der Waals surface area (Å²) in [4.78, 5) is 32.2. The molecule has 0 aliphatic carbocycles. The molecule has 0 radical (unpaired) electrons. The SMILES string of the molecule is COC(=O)C(C)NC(=O)c1cc([N+](=O)[O-])c(F)cc1F. The number of carbonyl (C=O) groups excluding carboxylic acids is 2. The third-order valence-electron chi connectivity index (χ3n) is 2.38. The number of nitrogens with zero attached hydrogens (tertiary/aromatic N) is 1. The van der Waals surface area contributed by atoms with E-state index in [0.29, 0.717) is 6.07 Å². The number of ether oxygens (including phenoxy) is 1. The number of nitro benzene ring substituents is 1. The number of methoxy groups -OCH3 is 1. The maximum Gasteiger partial charge on any atom is 0.328 e. The normalized spacial score (nSPS) is 11.6. The van der Waals surface area contributed by atoms with Crippen LogP contribution in [-0.2, 0) is 9.53 Å². The van der Waals surface area contributed by atoms with Crippen molar-refractivity contribution in [3.8, 4) is 0 Å². The van der Waals surface area contributed by atoms with Gasteiger partial charge in [-0.1, -0.05) is 0 Å². The van der Waals surface area contributed by atoms with Gasteiger partial charge in [-0.25, -0.2) is 9.18 Å².